The summed E-state index contributed by atoms with van der Waals surface area (Å²) < 4.78 is 0. The van der Waals surface area contributed by atoms with Gasteiger partial charge in [-0.3, -0.25) is 4.79 Å². The highest BCUT2D eigenvalue weighted by molar-refractivity contribution is 7.15. The minimum Gasteiger partial charge on any atom is -0.508 e. The number of rotatable bonds is 4. The summed E-state index contributed by atoms with van der Waals surface area (Å²) in [7, 11) is 0. The van der Waals surface area contributed by atoms with Gasteiger partial charge in [0.1, 0.15) is 10.8 Å². The van der Waals surface area contributed by atoms with E-state index in [1.54, 1.807) is 0 Å². The summed E-state index contributed by atoms with van der Waals surface area (Å²) in [6, 6.07) is 8.05. The predicted octanol–water partition coefficient (Wildman–Crippen LogP) is 7.21. The van der Waals surface area contributed by atoms with E-state index in [2.05, 4.69) is 11.9 Å². The van der Waals surface area contributed by atoms with Crippen LogP contribution < -0.4 is 5.32 Å². The number of aliphatic hydroxyl groups excluding tert-OH is 1. The van der Waals surface area contributed by atoms with E-state index in [1.165, 1.54) is 28.2 Å². The molecule has 0 saturated heterocycles. The Morgan fingerprint density at radius 1 is 1.04 bits per heavy atom. The Hall–Kier alpha value is -2.37. The standard InChI is InChI=1S/C20H19NO2S2.C2H6/c1-11-5-7-15(8-6-11)16-10-25-20(17(16)14(4)22)21-19(23)18-13(3)12(2)9-24-18;1-2/h5-10,22H,4H2,1-3H3,(H,21,23);1-2H3. The summed E-state index contributed by atoms with van der Waals surface area (Å²) in [6.07, 6.45) is 0. The molecule has 0 unspecified atom stereocenters. The van der Waals surface area contributed by atoms with Crippen molar-refractivity contribution in [2.45, 2.75) is 34.6 Å². The van der Waals surface area contributed by atoms with Gasteiger partial charge in [0, 0.05) is 10.9 Å². The van der Waals surface area contributed by atoms with Gasteiger partial charge >= 0.3 is 0 Å². The summed E-state index contributed by atoms with van der Waals surface area (Å²) in [5, 5.41) is 17.5. The van der Waals surface area contributed by atoms with E-state index in [4.69, 9.17) is 0 Å². The first-order valence-corrected chi connectivity index (χ1v) is 10.6. The molecule has 0 aliphatic heterocycles. The Kier molecular flexibility index (Phi) is 6.99. The first-order valence-electron chi connectivity index (χ1n) is 8.81. The van der Waals surface area contributed by atoms with Crippen LogP contribution in [0.4, 0.5) is 5.00 Å². The smallest absolute Gasteiger partial charge is 0.266 e. The normalized spacial score (nSPS) is 10.1. The second-order valence-electron chi connectivity index (χ2n) is 5.99. The molecule has 142 valence electrons. The Bertz CT molecular complexity index is 949. The van der Waals surface area contributed by atoms with Crippen LogP contribution in [0.1, 0.15) is 45.8 Å². The zero-order chi connectivity index (χ0) is 20.1. The van der Waals surface area contributed by atoms with Gasteiger partial charge in [0.25, 0.3) is 5.91 Å². The highest BCUT2D eigenvalue weighted by Crippen LogP contribution is 2.39. The van der Waals surface area contributed by atoms with E-state index in [-0.39, 0.29) is 11.7 Å². The number of thiophene rings is 2. The molecule has 0 aliphatic rings. The van der Waals surface area contributed by atoms with Crippen LogP contribution in [0.15, 0.2) is 41.6 Å². The van der Waals surface area contributed by atoms with Gasteiger partial charge in [-0.05, 0) is 42.8 Å². The first kappa shape index (κ1) is 20.9. The molecule has 3 nitrogen and oxygen atoms in total. The molecule has 2 aromatic heterocycles. The lowest BCUT2D eigenvalue weighted by atomic mass is 10.0. The van der Waals surface area contributed by atoms with Crippen molar-refractivity contribution in [3.05, 3.63) is 68.7 Å². The molecule has 0 bridgehead atoms. The number of aryl methyl sites for hydroxylation is 2. The van der Waals surface area contributed by atoms with E-state index in [1.807, 2.05) is 69.6 Å². The van der Waals surface area contributed by atoms with Crippen molar-refractivity contribution >= 4 is 39.3 Å². The number of hydrogen-bond donors (Lipinski definition) is 2. The van der Waals surface area contributed by atoms with Gasteiger partial charge in [-0.2, -0.15) is 0 Å². The molecule has 0 atom stereocenters. The maximum absolute atomic E-state index is 12.6. The minimum absolute atomic E-state index is 0.0498. The zero-order valence-corrected chi connectivity index (χ0v) is 18.0. The maximum Gasteiger partial charge on any atom is 0.266 e. The summed E-state index contributed by atoms with van der Waals surface area (Å²) >= 11 is 2.82. The minimum atomic E-state index is -0.157. The topological polar surface area (TPSA) is 49.3 Å². The molecule has 1 aromatic carbocycles. The average Bonchev–Trinajstić information content (AvgIpc) is 3.21. The molecule has 5 heteroatoms. The number of benzene rings is 1. The van der Waals surface area contributed by atoms with Gasteiger partial charge in [0.15, 0.2) is 0 Å². The molecular weight excluding hydrogens is 374 g/mol. The molecular formula is C22H25NO2S2. The fraction of sp³-hybridized carbons (Fsp3) is 0.227. The maximum atomic E-state index is 12.6. The van der Waals surface area contributed by atoms with Crippen molar-refractivity contribution in [2.24, 2.45) is 0 Å². The molecule has 27 heavy (non-hydrogen) atoms. The number of carbonyl (C=O) groups excluding carboxylic acids is 1. The van der Waals surface area contributed by atoms with E-state index in [9.17, 15) is 9.90 Å². The number of nitrogens with one attached hydrogen (secondary N) is 1. The molecule has 0 radical (unpaired) electrons. The largest absolute Gasteiger partial charge is 0.508 e. The van der Waals surface area contributed by atoms with Crippen molar-refractivity contribution in [3.63, 3.8) is 0 Å². The van der Waals surface area contributed by atoms with Crippen LogP contribution in [0.5, 0.6) is 0 Å². The van der Waals surface area contributed by atoms with Crippen LogP contribution >= 0.6 is 22.7 Å². The van der Waals surface area contributed by atoms with Crippen molar-refractivity contribution in [2.75, 3.05) is 5.32 Å². The quantitative estimate of drug-likeness (QED) is 0.455. The Balaban J connectivity index is 0.00000126. The van der Waals surface area contributed by atoms with Crippen molar-refractivity contribution in [1.29, 1.82) is 0 Å². The second-order valence-corrected chi connectivity index (χ2v) is 7.75. The lowest BCUT2D eigenvalue weighted by molar-refractivity contribution is 0.103. The lowest BCUT2D eigenvalue weighted by Crippen LogP contribution is -2.11. The molecule has 0 fully saturated rings. The molecule has 2 N–H and O–H groups in total. The molecule has 1 amide bonds. The van der Waals surface area contributed by atoms with E-state index < -0.39 is 0 Å². The number of carbonyl (C=O) groups is 1. The van der Waals surface area contributed by atoms with E-state index >= 15 is 0 Å². The number of anilines is 1. The Morgan fingerprint density at radius 2 is 1.67 bits per heavy atom. The highest BCUT2D eigenvalue weighted by Gasteiger charge is 2.20. The second kappa shape index (κ2) is 9.02. The number of aliphatic hydroxyl groups is 1. The van der Waals surface area contributed by atoms with Crippen molar-refractivity contribution in [3.8, 4) is 11.1 Å². The third-order valence-corrected chi connectivity index (χ3v) is 6.26. The summed E-state index contributed by atoms with van der Waals surface area (Å²) in [6.45, 7) is 13.6. The van der Waals surface area contributed by atoms with E-state index in [0.717, 1.165) is 22.3 Å². The molecule has 0 aliphatic carbocycles. The highest BCUT2D eigenvalue weighted by atomic mass is 32.1. The van der Waals surface area contributed by atoms with Crippen LogP contribution in [0.3, 0.4) is 0 Å². The molecule has 0 saturated carbocycles. The van der Waals surface area contributed by atoms with E-state index in [0.29, 0.717) is 15.4 Å². The Labute approximate surface area is 169 Å². The lowest BCUT2D eigenvalue weighted by Gasteiger charge is -2.08. The molecule has 3 aromatic rings. The monoisotopic (exact) mass is 399 g/mol. The number of amides is 1. The van der Waals surface area contributed by atoms with Gasteiger partial charge in [-0.15, -0.1) is 22.7 Å². The SMILES string of the molecule is C=C(O)c1c(-c2ccc(C)cc2)csc1NC(=O)c1scc(C)c1C.CC. The summed E-state index contributed by atoms with van der Waals surface area (Å²) in [5.74, 6) is -0.207. The molecule has 3 rings (SSSR count). The third-order valence-electron chi connectivity index (χ3n) is 4.16. The van der Waals surface area contributed by atoms with Crippen molar-refractivity contribution in [1.82, 2.24) is 0 Å². The van der Waals surface area contributed by atoms with Gasteiger partial charge < -0.3 is 10.4 Å². The van der Waals surface area contributed by atoms with Crippen LogP contribution in [0, 0.1) is 20.8 Å². The third kappa shape index (κ3) is 4.49. The molecule has 0 spiro atoms. The van der Waals surface area contributed by atoms with Crippen LogP contribution in [0.25, 0.3) is 16.9 Å². The van der Waals surface area contributed by atoms with Gasteiger partial charge in [0.2, 0.25) is 0 Å². The predicted molar refractivity (Wildman–Crippen MR) is 119 cm³/mol. The van der Waals surface area contributed by atoms with Crippen LogP contribution in [-0.4, -0.2) is 11.0 Å². The first-order chi connectivity index (χ1) is 12.9. The zero-order valence-electron chi connectivity index (χ0n) is 16.3. The van der Waals surface area contributed by atoms with Gasteiger partial charge in [0.05, 0.1) is 10.4 Å². The Morgan fingerprint density at radius 3 is 2.19 bits per heavy atom. The fourth-order valence-corrected chi connectivity index (χ4v) is 4.52. The fourth-order valence-electron chi connectivity index (χ4n) is 2.57. The van der Waals surface area contributed by atoms with Crippen molar-refractivity contribution < 1.29 is 9.90 Å². The average molecular weight is 400 g/mol. The van der Waals surface area contributed by atoms with Gasteiger partial charge in [-0.25, -0.2) is 0 Å². The summed E-state index contributed by atoms with van der Waals surface area (Å²) in [5.41, 5.74) is 5.69. The van der Waals surface area contributed by atoms with Crippen LogP contribution in [0.2, 0.25) is 0 Å². The summed E-state index contributed by atoms with van der Waals surface area (Å²) in [4.78, 5) is 13.3. The van der Waals surface area contributed by atoms with Gasteiger partial charge in [-0.1, -0.05) is 50.3 Å². The number of hydrogen-bond acceptors (Lipinski definition) is 4. The van der Waals surface area contributed by atoms with Crippen LogP contribution in [-0.2, 0) is 0 Å². The molecule has 2 heterocycles.